The summed E-state index contributed by atoms with van der Waals surface area (Å²) in [6.07, 6.45) is -4.58. The third kappa shape index (κ3) is 5.07. The average molecular weight is 410 g/mol. The molecule has 0 unspecified atom stereocenters. The number of aromatic nitrogens is 1. The highest BCUT2D eigenvalue weighted by molar-refractivity contribution is 7.11. The van der Waals surface area contributed by atoms with Gasteiger partial charge in [-0.3, -0.25) is 4.79 Å². The standard InChI is InChI=1S/C19H14F4N2O2S/c20-15-4-2-1-3-13(15)10-27-14-7-5-12(6-8-14)9-24-17(26)18-25-16(11-28-18)19(21,22)23/h1-8,11H,9-10H2,(H,24,26). The number of nitrogens with one attached hydrogen (secondary N) is 1. The molecule has 0 saturated carbocycles. The van der Waals surface area contributed by atoms with Crippen molar-refractivity contribution in [2.45, 2.75) is 19.3 Å². The van der Waals surface area contributed by atoms with Crippen LogP contribution >= 0.6 is 11.3 Å². The fourth-order valence-electron chi connectivity index (χ4n) is 2.25. The lowest BCUT2D eigenvalue weighted by Gasteiger charge is -2.08. The number of hydrogen-bond donors (Lipinski definition) is 1. The highest BCUT2D eigenvalue weighted by atomic mass is 32.1. The lowest BCUT2D eigenvalue weighted by atomic mass is 10.2. The summed E-state index contributed by atoms with van der Waals surface area (Å²) in [6.45, 7) is 0.196. The molecule has 2 aromatic carbocycles. The Morgan fingerprint density at radius 3 is 2.46 bits per heavy atom. The van der Waals surface area contributed by atoms with Gasteiger partial charge < -0.3 is 10.1 Å². The van der Waals surface area contributed by atoms with Gasteiger partial charge in [0, 0.05) is 17.5 Å². The van der Waals surface area contributed by atoms with Crippen molar-refractivity contribution in [3.8, 4) is 5.75 Å². The second-order valence-corrected chi connectivity index (χ2v) is 6.60. The number of carbonyl (C=O) groups excluding carboxylic acids is 1. The van der Waals surface area contributed by atoms with Crippen molar-refractivity contribution in [2.75, 3.05) is 0 Å². The predicted molar refractivity (Wildman–Crippen MR) is 95.5 cm³/mol. The van der Waals surface area contributed by atoms with Gasteiger partial charge in [-0.25, -0.2) is 9.37 Å². The quantitative estimate of drug-likeness (QED) is 0.594. The van der Waals surface area contributed by atoms with Crippen LogP contribution in [0.2, 0.25) is 0 Å². The summed E-state index contributed by atoms with van der Waals surface area (Å²) in [4.78, 5) is 15.2. The van der Waals surface area contributed by atoms with E-state index < -0.39 is 17.8 Å². The van der Waals surface area contributed by atoms with Gasteiger partial charge in [-0.2, -0.15) is 13.2 Å². The highest BCUT2D eigenvalue weighted by Gasteiger charge is 2.34. The van der Waals surface area contributed by atoms with Gasteiger partial charge in [0.15, 0.2) is 10.7 Å². The number of amides is 1. The van der Waals surface area contributed by atoms with Crippen molar-refractivity contribution in [1.82, 2.24) is 10.3 Å². The Hall–Kier alpha value is -2.94. The third-order valence-corrected chi connectivity index (χ3v) is 4.56. The van der Waals surface area contributed by atoms with E-state index in [-0.39, 0.29) is 24.0 Å². The maximum absolute atomic E-state index is 13.6. The van der Waals surface area contributed by atoms with Crippen LogP contribution in [0.15, 0.2) is 53.9 Å². The van der Waals surface area contributed by atoms with Gasteiger partial charge in [-0.1, -0.05) is 30.3 Å². The van der Waals surface area contributed by atoms with Gasteiger partial charge in [-0.05, 0) is 23.8 Å². The van der Waals surface area contributed by atoms with Gasteiger partial charge in [0.25, 0.3) is 5.91 Å². The lowest BCUT2D eigenvalue weighted by molar-refractivity contribution is -0.140. The van der Waals surface area contributed by atoms with Crippen LogP contribution in [0, 0.1) is 5.82 Å². The van der Waals surface area contributed by atoms with Crippen LogP contribution in [-0.4, -0.2) is 10.9 Å². The Bertz CT molecular complexity index is 955. The number of carbonyl (C=O) groups is 1. The van der Waals surface area contributed by atoms with E-state index in [1.807, 2.05) is 0 Å². The molecule has 3 rings (SSSR count). The first-order chi connectivity index (χ1) is 13.3. The first-order valence-corrected chi connectivity index (χ1v) is 8.97. The fourth-order valence-corrected chi connectivity index (χ4v) is 2.99. The summed E-state index contributed by atoms with van der Waals surface area (Å²) in [5.74, 6) is -0.508. The van der Waals surface area contributed by atoms with Gasteiger partial charge in [0.2, 0.25) is 0 Å². The van der Waals surface area contributed by atoms with E-state index in [1.165, 1.54) is 6.07 Å². The summed E-state index contributed by atoms with van der Waals surface area (Å²) in [6, 6.07) is 13.0. The highest BCUT2D eigenvalue weighted by Crippen LogP contribution is 2.30. The third-order valence-electron chi connectivity index (χ3n) is 3.72. The van der Waals surface area contributed by atoms with Crippen molar-refractivity contribution in [1.29, 1.82) is 0 Å². The molecule has 146 valence electrons. The molecule has 1 aromatic heterocycles. The Balaban J connectivity index is 1.52. The molecular weight excluding hydrogens is 396 g/mol. The number of thiazole rings is 1. The van der Waals surface area contributed by atoms with Gasteiger partial charge in [0.1, 0.15) is 18.2 Å². The average Bonchev–Trinajstić information content (AvgIpc) is 3.17. The molecule has 3 aromatic rings. The van der Waals surface area contributed by atoms with Crippen LogP contribution in [0.5, 0.6) is 5.75 Å². The molecule has 0 spiro atoms. The summed E-state index contributed by atoms with van der Waals surface area (Å²) in [5.41, 5.74) is 0.0683. The minimum Gasteiger partial charge on any atom is -0.489 e. The number of hydrogen-bond acceptors (Lipinski definition) is 4. The van der Waals surface area contributed by atoms with Crippen LogP contribution in [0.1, 0.15) is 26.6 Å². The van der Waals surface area contributed by atoms with E-state index >= 15 is 0 Å². The number of nitrogens with zero attached hydrogens (tertiary/aromatic N) is 1. The Morgan fingerprint density at radius 2 is 1.82 bits per heavy atom. The Kier molecular flexibility index (Phi) is 5.93. The first-order valence-electron chi connectivity index (χ1n) is 8.09. The number of alkyl halides is 3. The number of halogens is 4. The minimum atomic E-state index is -4.58. The molecular formula is C19H14F4N2O2S. The van der Waals surface area contributed by atoms with Crippen molar-refractivity contribution in [3.63, 3.8) is 0 Å². The summed E-state index contributed by atoms with van der Waals surface area (Å²) in [5, 5.41) is 3.07. The molecule has 0 bridgehead atoms. The van der Waals surface area contributed by atoms with E-state index in [1.54, 1.807) is 42.5 Å². The van der Waals surface area contributed by atoms with E-state index in [4.69, 9.17) is 4.74 Å². The van der Waals surface area contributed by atoms with Crippen LogP contribution in [0.3, 0.4) is 0 Å². The molecule has 1 heterocycles. The van der Waals surface area contributed by atoms with Crippen molar-refractivity contribution in [2.24, 2.45) is 0 Å². The second-order valence-electron chi connectivity index (χ2n) is 5.74. The topological polar surface area (TPSA) is 51.2 Å². The number of benzene rings is 2. The van der Waals surface area contributed by atoms with Crippen LogP contribution in [0.4, 0.5) is 17.6 Å². The van der Waals surface area contributed by atoms with Crippen LogP contribution in [-0.2, 0) is 19.3 Å². The fraction of sp³-hybridized carbons (Fsp3) is 0.158. The van der Waals surface area contributed by atoms with Crippen LogP contribution < -0.4 is 10.1 Å². The van der Waals surface area contributed by atoms with E-state index in [0.29, 0.717) is 22.6 Å². The molecule has 1 N–H and O–H groups in total. The van der Waals surface area contributed by atoms with Gasteiger partial charge >= 0.3 is 6.18 Å². The van der Waals surface area contributed by atoms with Gasteiger partial charge in [-0.15, -0.1) is 11.3 Å². The summed E-state index contributed by atoms with van der Waals surface area (Å²) >= 11 is 0.634. The first kappa shape index (κ1) is 19.8. The zero-order chi connectivity index (χ0) is 20.1. The SMILES string of the molecule is O=C(NCc1ccc(OCc2ccccc2F)cc1)c1nc(C(F)(F)F)cs1. The number of rotatable bonds is 6. The minimum absolute atomic E-state index is 0.0777. The van der Waals surface area contributed by atoms with E-state index in [2.05, 4.69) is 10.3 Å². The summed E-state index contributed by atoms with van der Waals surface area (Å²) < 4.78 is 56.6. The molecule has 0 aliphatic heterocycles. The molecule has 0 atom stereocenters. The zero-order valence-corrected chi connectivity index (χ0v) is 15.1. The molecule has 0 fully saturated rings. The Morgan fingerprint density at radius 1 is 1.11 bits per heavy atom. The molecule has 1 amide bonds. The number of ether oxygens (including phenoxy) is 1. The van der Waals surface area contributed by atoms with E-state index in [0.717, 1.165) is 10.9 Å². The van der Waals surface area contributed by atoms with Crippen molar-refractivity contribution in [3.05, 3.63) is 81.6 Å². The maximum atomic E-state index is 13.6. The zero-order valence-electron chi connectivity index (χ0n) is 14.3. The van der Waals surface area contributed by atoms with Crippen molar-refractivity contribution < 1.29 is 27.1 Å². The van der Waals surface area contributed by atoms with E-state index in [9.17, 15) is 22.4 Å². The molecule has 28 heavy (non-hydrogen) atoms. The monoisotopic (exact) mass is 410 g/mol. The molecule has 0 saturated heterocycles. The molecule has 0 radical (unpaired) electrons. The second kappa shape index (κ2) is 8.39. The molecule has 0 aliphatic rings. The van der Waals surface area contributed by atoms with Crippen LogP contribution in [0.25, 0.3) is 0 Å². The normalized spacial score (nSPS) is 11.3. The molecule has 4 nitrogen and oxygen atoms in total. The Labute approximate surface area is 161 Å². The summed E-state index contributed by atoms with van der Waals surface area (Å²) in [7, 11) is 0. The van der Waals surface area contributed by atoms with Crippen molar-refractivity contribution >= 4 is 17.2 Å². The lowest BCUT2D eigenvalue weighted by Crippen LogP contribution is -2.23. The van der Waals surface area contributed by atoms with Gasteiger partial charge in [0.05, 0.1) is 0 Å². The molecule has 0 aliphatic carbocycles. The maximum Gasteiger partial charge on any atom is 0.434 e. The molecule has 9 heteroatoms. The largest absolute Gasteiger partial charge is 0.489 e. The smallest absolute Gasteiger partial charge is 0.434 e. The predicted octanol–water partition coefficient (Wildman–Crippen LogP) is 4.81.